The summed E-state index contributed by atoms with van der Waals surface area (Å²) in [7, 11) is 5.02. The molecule has 9 nitrogen and oxygen atoms in total. The van der Waals surface area contributed by atoms with Gasteiger partial charge in [-0.05, 0) is 58.1 Å². The van der Waals surface area contributed by atoms with E-state index in [9.17, 15) is 19.5 Å². The molecule has 0 radical (unpaired) electrons. The Morgan fingerprint density at radius 1 is 1.18 bits per heavy atom. The fourth-order valence-corrected chi connectivity index (χ4v) is 4.22. The number of aliphatic hydroxyl groups excluding tert-OH is 1. The molecule has 1 aromatic heterocycles. The fourth-order valence-electron chi connectivity index (χ4n) is 4.22. The van der Waals surface area contributed by atoms with Gasteiger partial charge in [0.25, 0.3) is 11.7 Å². The molecule has 0 aliphatic carbocycles. The van der Waals surface area contributed by atoms with Crippen molar-refractivity contribution < 1.29 is 29.0 Å². The Labute approximate surface area is 199 Å². The molecule has 1 aromatic carbocycles. The summed E-state index contributed by atoms with van der Waals surface area (Å²) in [5.74, 6) is -1.70. The van der Waals surface area contributed by atoms with Gasteiger partial charge in [0, 0.05) is 24.3 Å². The lowest BCUT2D eigenvalue weighted by atomic mass is 9.94. The van der Waals surface area contributed by atoms with E-state index in [0.717, 1.165) is 0 Å². The van der Waals surface area contributed by atoms with Crippen molar-refractivity contribution >= 4 is 23.4 Å². The lowest BCUT2D eigenvalue weighted by molar-refractivity contribution is -0.140. The summed E-state index contributed by atoms with van der Waals surface area (Å²) >= 11 is 0. The lowest BCUT2D eigenvalue weighted by Gasteiger charge is -2.26. The number of nitrogens with zero attached hydrogens (tertiary/aromatic N) is 2. The number of esters is 1. The average Bonchev–Trinajstić information content (AvgIpc) is 3.24. The van der Waals surface area contributed by atoms with Crippen LogP contribution in [-0.2, 0) is 14.3 Å². The minimum Gasteiger partial charge on any atom is -0.507 e. The standard InChI is InChI=1S/C25H31N3O6/c1-7-34-17-10-8-16(9-11-17)21-19(23(30)24(31)28(21)13-12-27(4)5)22(29)18-14(2)20(25(32)33-6)26-15(18)3/h8-11,21,26,29H,7,12-13H2,1-6H3/b22-19+/t21-/m0/s1. The molecule has 1 aliphatic rings. The van der Waals surface area contributed by atoms with E-state index in [2.05, 4.69) is 4.98 Å². The molecule has 1 atom stereocenters. The maximum Gasteiger partial charge on any atom is 0.354 e. The Balaban J connectivity index is 2.19. The van der Waals surface area contributed by atoms with Gasteiger partial charge in [-0.1, -0.05) is 12.1 Å². The first-order valence-electron chi connectivity index (χ1n) is 11.1. The van der Waals surface area contributed by atoms with Crippen molar-refractivity contribution in [2.24, 2.45) is 0 Å². The summed E-state index contributed by atoms with van der Waals surface area (Å²) in [6.45, 7) is 6.56. The largest absolute Gasteiger partial charge is 0.507 e. The van der Waals surface area contributed by atoms with Crippen LogP contribution in [0.5, 0.6) is 5.75 Å². The van der Waals surface area contributed by atoms with E-state index in [1.165, 1.54) is 12.0 Å². The highest BCUT2D eigenvalue weighted by atomic mass is 16.5. The molecule has 0 bridgehead atoms. The number of rotatable bonds is 8. The molecular weight excluding hydrogens is 438 g/mol. The molecule has 9 heteroatoms. The number of aliphatic hydroxyl groups is 1. The zero-order chi connectivity index (χ0) is 25.2. The summed E-state index contributed by atoms with van der Waals surface area (Å²) < 4.78 is 10.3. The molecule has 2 aromatic rings. The summed E-state index contributed by atoms with van der Waals surface area (Å²) in [6, 6.07) is 6.33. The van der Waals surface area contributed by atoms with E-state index in [-0.39, 0.29) is 17.0 Å². The van der Waals surface area contributed by atoms with E-state index < -0.39 is 23.7 Å². The van der Waals surface area contributed by atoms with E-state index in [1.807, 2.05) is 25.9 Å². The molecule has 0 unspecified atom stereocenters. The van der Waals surface area contributed by atoms with Crippen LogP contribution >= 0.6 is 0 Å². The second-order valence-corrected chi connectivity index (χ2v) is 8.41. The van der Waals surface area contributed by atoms with Crippen LogP contribution in [0.15, 0.2) is 29.8 Å². The van der Waals surface area contributed by atoms with Crippen molar-refractivity contribution in [1.82, 2.24) is 14.8 Å². The number of H-pyrrole nitrogens is 1. The van der Waals surface area contributed by atoms with Crippen LogP contribution in [-0.4, -0.2) is 78.5 Å². The fraction of sp³-hybridized carbons (Fsp3) is 0.400. The number of likely N-dealkylation sites (tertiary alicyclic amines) is 1. The number of carbonyl (C=O) groups excluding carboxylic acids is 3. The van der Waals surface area contributed by atoms with Crippen LogP contribution < -0.4 is 4.74 Å². The number of methoxy groups -OCH3 is 1. The zero-order valence-corrected chi connectivity index (χ0v) is 20.4. The van der Waals surface area contributed by atoms with Gasteiger partial charge >= 0.3 is 5.97 Å². The predicted octanol–water partition coefficient (Wildman–Crippen LogP) is 2.80. The van der Waals surface area contributed by atoms with Crippen LogP contribution in [0, 0.1) is 13.8 Å². The predicted molar refractivity (Wildman–Crippen MR) is 127 cm³/mol. The molecule has 1 amide bonds. The van der Waals surface area contributed by atoms with Gasteiger partial charge < -0.3 is 29.4 Å². The number of hydrogen-bond donors (Lipinski definition) is 2. The van der Waals surface area contributed by atoms with E-state index >= 15 is 0 Å². The first kappa shape index (κ1) is 25.0. The zero-order valence-electron chi connectivity index (χ0n) is 20.4. The maximum atomic E-state index is 13.2. The minimum absolute atomic E-state index is 0.0190. The van der Waals surface area contributed by atoms with Gasteiger partial charge in [0.15, 0.2) is 0 Å². The number of aromatic nitrogens is 1. The highest BCUT2D eigenvalue weighted by Gasteiger charge is 2.46. The van der Waals surface area contributed by atoms with Gasteiger partial charge in [0.1, 0.15) is 17.2 Å². The van der Waals surface area contributed by atoms with E-state index in [1.54, 1.807) is 38.1 Å². The second-order valence-electron chi connectivity index (χ2n) is 8.41. The Kier molecular flexibility index (Phi) is 7.46. The van der Waals surface area contributed by atoms with Crippen molar-refractivity contribution in [1.29, 1.82) is 0 Å². The number of nitrogens with one attached hydrogen (secondary N) is 1. The van der Waals surface area contributed by atoms with Gasteiger partial charge in [-0.25, -0.2) is 4.79 Å². The van der Waals surface area contributed by atoms with Crippen LogP contribution in [0.25, 0.3) is 5.76 Å². The highest BCUT2D eigenvalue weighted by molar-refractivity contribution is 6.46. The molecule has 3 rings (SSSR count). The second kappa shape index (κ2) is 10.1. The monoisotopic (exact) mass is 469 g/mol. The molecule has 182 valence electrons. The van der Waals surface area contributed by atoms with Crippen LogP contribution in [0.3, 0.4) is 0 Å². The van der Waals surface area contributed by atoms with Crippen molar-refractivity contribution in [3.05, 3.63) is 57.9 Å². The van der Waals surface area contributed by atoms with Crippen molar-refractivity contribution in [3.63, 3.8) is 0 Å². The number of likely N-dealkylation sites (N-methyl/N-ethyl adjacent to an activating group) is 1. The molecule has 2 heterocycles. The number of ketones is 1. The molecule has 34 heavy (non-hydrogen) atoms. The first-order valence-corrected chi connectivity index (χ1v) is 11.1. The van der Waals surface area contributed by atoms with Gasteiger partial charge in [0.05, 0.1) is 25.3 Å². The van der Waals surface area contributed by atoms with Crippen LogP contribution in [0.1, 0.15) is 45.8 Å². The third kappa shape index (κ3) is 4.56. The number of aryl methyl sites for hydroxylation is 1. The Hall–Kier alpha value is -3.59. The normalized spacial score (nSPS) is 17.5. The van der Waals surface area contributed by atoms with Crippen LogP contribution in [0.4, 0.5) is 0 Å². The molecule has 1 aliphatic heterocycles. The number of benzene rings is 1. The number of ether oxygens (including phenoxy) is 2. The van der Waals surface area contributed by atoms with Crippen molar-refractivity contribution in [2.75, 3.05) is 40.9 Å². The third-order valence-electron chi connectivity index (χ3n) is 5.90. The number of hydrogen-bond acceptors (Lipinski definition) is 7. The van der Waals surface area contributed by atoms with Crippen molar-refractivity contribution in [3.8, 4) is 5.75 Å². The summed E-state index contributed by atoms with van der Waals surface area (Å²) in [5.41, 5.74) is 2.06. The third-order valence-corrected chi connectivity index (χ3v) is 5.90. The molecule has 2 N–H and O–H groups in total. The SMILES string of the molecule is CCOc1ccc([C@H]2/C(=C(\O)c3c(C)[nH]c(C(=O)OC)c3C)C(=O)C(=O)N2CCN(C)C)cc1. The topological polar surface area (TPSA) is 112 Å². The molecule has 1 saturated heterocycles. The van der Waals surface area contributed by atoms with Crippen molar-refractivity contribution in [2.45, 2.75) is 26.8 Å². The number of amides is 1. The molecule has 0 spiro atoms. The quantitative estimate of drug-likeness (QED) is 0.265. The molecule has 1 fully saturated rings. The molecular formula is C25H31N3O6. The smallest absolute Gasteiger partial charge is 0.354 e. The summed E-state index contributed by atoms with van der Waals surface area (Å²) in [4.78, 5) is 44.7. The summed E-state index contributed by atoms with van der Waals surface area (Å²) in [6.07, 6.45) is 0. The highest BCUT2D eigenvalue weighted by Crippen LogP contribution is 2.41. The van der Waals surface area contributed by atoms with Crippen LogP contribution in [0.2, 0.25) is 0 Å². The lowest BCUT2D eigenvalue weighted by Crippen LogP contribution is -2.35. The Morgan fingerprint density at radius 3 is 2.38 bits per heavy atom. The Bertz CT molecular complexity index is 1130. The molecule has 0 saturated carbocycles. The van der Waals surface area contributed by atoms with Gasteiger partial charge in [-0.15, -0.1) is 0 Å². The summed E-state index contributed by atoms with van der Waals surface area (Å²) in [5, 5.41) is 11.4. The van der Waals surface area contributed by atoms with Gasteiger partial charge in [-0.2, -0.15) is 0 Å². The van der Waals surface area contributed by atoms with Gasteiger partial charge in [0.2, 0.25) is 0 Å². The van der Waals surface area contributed by atoms with E-state index in [0.29, 0.717) is 47.8 Å². The maximum absolute atomic E-state index is 13.2. The Morgan fingerprint density at radius 2 is 1.82 bits per heavy atom. The number of aromatic amines is 1. The average molecular weight is 470 g/mol. The number of carbonyl (C=O) groups is 3. The minimum atomic E-state index is -0.786. The number of Topliss-reactive ketones (excluding diaryl/α,β-unsaturated/α-hetero) is 1. The first-order chi connectivity index (χ1) is 16.1. The van der Waals surface area contributed by atoms with E-state index in [4.69, 9.17) is 9.47 Å². The van der Waals surface area contributed by atoms with Gasteiger partial charge in [-0.3, -0.25) is 9.59 Å².